The number of ether oxygens (including phenoxy) is 2. The Hall–Kier alpha value is -9.87. The van der Waals surface area contributed by atoms with E-state index in [-0.39, 0.29) is 69.0 Å². The van der Waals surface area contributed by atoms with E-state index in [4.69, 9.17) is 28.7 Å². The molecule has 0 aromatic heterocycles. The summed E-state index contributed by atoms with van der Waals surface area (Å²) in [7, 11) is 3.44. The smallest absolute Gasteiger partial charge is 0.346 e. The molecule has 104 heavy (non-hydrogen) atoms. The summed E-state index contributed by atoms with van der Waals surface area (Å²) in [5.74, 6) is -3.65. The zero-order valence-electron chi connectivity index (χ0n) is 57.3. The molecule has 2 aliphatic heterocycles. The summed E-state index contributed by atoms with van der Waals surface area (Å²) in [5.41, 5.74) is 0.415. The van der Waals surface area contributed by atoms with Crippen molar-refractivity contribution in [2.45, 2.75) is 33.0 Å². The summed E-state index contributed by atoms with van der Waals surface area (Å²) in [6, 6.07) is 33.4. The van der Waals surface area contributed by atoms with Crippen molar-refractivity contribution in [1.82, 2.24) is 34.2 Å². The van der Waals surface area contributed by atoms with Gasteiger partial charge in [-0.3, -0.25) is 77.8 Å². The molecule has 0 aliphatic carbocycles. The molecule has 0 bridgehead atoms. The topological polar surface area (TPSA) is 409 Å². The first-order chi connectivity index (χ1) is 48.9. The molecular formula is C66H73Br2F2N11O21P2. The number of amides is 3. The summed E-state index contributed by atoms with van der Waals surface area (Å²) in [6.07, 6.45) is -1.24. The average Bonchev–Trinajstić information content (AvgIpc) is 1.61. The van der Waals surface area contributed by atoms with E-state index in [0.29, 0.717) is 63.4 Å². The molecule has 2 heterocycles. The van der Waals surface area contributed by atoms with Crippen LogP contribution in [-0.4, -0.2) is 176 Å². The molecule has 3 amide bonds. The highest BCUT2D eigenvalue weighted by Crippen LogP contribution is 2.63. The van der Waals surface area contributed by atoms with Crippen molar-refractivity contribution < 1.29 is 90.3 Å². The molecule has 0 saturated carbocycles. The quantitative estimate of drug-likeness (QED) is 0.00927. The maximum Gasteiger partial charge on any atom is 0.346 e. The van der Waals surface area contributed by atoms with Crippen LogP contribution in [0, 0.1) is 52.1 Å². The molecule has 0 spiro atoms. The van der Waals surface area contributed by atoms with Crippen LogP contribution < -0.4 is 19.6 Å². The molecule has 0 radical (unpaired) electrons. The van der Waals surface area contributed by atoms with E-state index in [1.807, 2.05) is 9.34 Å². The second-order valence-electron chi connectivity index (χ2n) is 22.7. The number of nitrogens with one attached hydrogen (secondary N) is 2. The predicted molar refractivity (Wildman–Crippen MR) is 385 cm³/mol. The van der Waals surface area contributed by atoms with E-state index < -0.39 is 76.2 Å². The number of phenolic OH excluding ortho intramolecular Hbond substituents is 1. The van der Waals surface area contributed by atoms with Crippen LogP contribution >= 0.6 is 47.2 Å². The van der Waals surface area contributed by atoms with E-state index in [9.17, 15) is 82.3 Å². The van der Waals surface area contributed by atoms with Gasteiger partial charge in [0.1, 0.15) is 17.2 Å². The Bertz CT molecular complexity index is 4300. The Morgan fingerprint density at radius 2 is 0.875 bits per heavy atom. The Morgan fingerprint density at radius 3 is 1.21 bits per heavy atom. The maximum absolute atomic E-state index is 13.3. The number of hydrogen-bond acceptors (Lipinski definition) is 20. The first-order valence-electron chi connectivity index (χ1n) is 30.8. The van der Waals surface area contributed by atoms with Gasteiger partial charge in [-0.15, -0.1) is 0 Å². The fourth-order valence-electron chi connectivity index (χ4n) is 8.71. The van der Waals surface area contributed by atoms with Crippen molar-refractivity contribution in [3.8, 4) is 28.7 Å². The van der Waals surface area contributed by atoms with Crippen molar-refractivity contribution in [2.24, 2.45) is 0 Å². The van der Waals surface area contributed by atoms with Crippen molar-refractivity contribution in [3.05, 3.63) is 237 Å². The number of nitro benzene ring substituents is 4. The van der Waals surface area contributed by atoms with Gasteiger partial charge in [-0.2, -0.15) is 8.78 Å². The summed E-state index contributed by atoms with van der Waals surface area (Å²) in [4.78, 5) is 102. The van der Waals surface area contributed by atoms with Gasteiger partial charge >= 0.3 is 44.1 Å². The zero-order chi connectivity index (χ0) is 77.5. The Balaban J connectivity index is 0.000000252. The van der Waals surface area contributed by atoms with E-state index in [1.54, 1.807) is 111 Å². The van der Waals surface area contributed by atoms with Crippen molar-refractivity contribution >= 4 is 99.4 Å². The van der Waals surface area contributed by atoms with E-state index in [2.05, 4.69) is 42.0 Å². The van der Waals surface area contributed by atoms with Gasteiger partial charge in [0.05, 0.1) is 37.5 Å². The Labute approximate surface area is 611 Å². The number of phenols is 1. The number of carbonyl (C=O) groups is 5. The fourth-order valence-corrected chi connectivity index (χ4v) is 13.7. The van der Waals surface area contributed by atoms with Crippen LogP contribution in [0.4, 0.5) is 31.5 Å². The number of hydrogen-bond donors (Lipinski definition) is 4. The minimum atomic E-state index is -3.39. The number of carboxylic acids is 1. The number of carboxylic acid groups (broad SMARTS) is 1. The van der Waals surface area contributed by atoms with Crippen molar-refractivity contribution in [2.75, 3.05) is 92.2 Å². The number of rotatable bonds is 27. The molecule has 32 nitrogen and oxygen atoms in total. The minimum Gasteiger partial charge on any atom is -0.508 e. The van der Waals surface area contributed by atoms with Gasteiger partial charge in [-0.1, -0.05) is 50.1 Å². The number of alkyl halides is 2. The number of aromatic carboxylic acids is 1. The molecule has 7 aromatic rings. The number of nitrogens with zero attached hydrogens (tertiary/aromatic N) is 9. The molecule has 2 aliphatic rings. The molecule has 4 N–H and O–H groups in total. The highest BCUT2D eigenvalue weighted by Gasteiger charge is 2.50. The van der Waals surface area contributed by atoms with Gasteiger partial charge in [0, 0.05) is 139 Å². The highest BCUT2D eigenvalue weighted by atomic mass is 79.9. The molecule has 556 valence electrons. The van der Waals surface area contributed by atoms with Crippen LogP contribution in [0.5, 0.6) is 28.7 Å². The lowest BCUT2D eigenvalue weighted by Crippen LogP contribution is -2.27. The van der Waals surface area contributed by atoms with Gasteiger partial charge in [0.25, 0.3) is 17.7 Å². The third-order valence-electron chi connectivity index (χ3n) is 14.2. The number of ketones is 1. The van der Waals surface area contributed by atoms with Gasteiger partial charge in [-0.25, -0.2) is 24.3 Å². The molecule has 7 aromatic carbocycles. The lowest BCUT2D eigenvalue weighted by molar-refractivity contribution is -0.387. The molecule has 2 saturated heterocycles. The van der Waals surface area contributed by atoms with Crippen LogP contribution in [0.2, 0.25) is 0 Å². The molecule has 9 rings (SSSR count). The Morgan fingerprint density at radius 1 is 0.519 bits per heavy atom. The van der Waals surface area contributed by atoms with Crippen LogP contribution in [0.3, 0.4) is 0 Å². The lowest BCUT2D eigenvalue weighted by Gasteiger charge is -2.24. The minimum absolute atomic E-state index is 0.0192. The monoisotopic (exact) mass is 1610 g/mol. The normalized spacial score (nSPS) is 12.7. The maximum atomic E-state index is 13.3. The third-order valence-corrected chi connectivity index (χ3v) is 19.7. The zero-order valence-corrected chi connectivity index (χ0v) is 62.2. The van der Waals surface area contributed by atoms with Gasteiger partial charge in [-0.05, 0) is 135 Å². The second-order valence-corrected chi connectivity index (χ2v) is 28.6. The lowest BCUT2D eigenvalue weighted by atomic mass is 10.1. The summed E-state index contributed by atoms with van der Waals surface area (Å²) < 4.78 is 79.1. The molecular weight excluding hydrogens is 1540 g/mol. The number of aromatic hydroxyl groups is 1. The first-order valence-corrected chi connectivity index (χ1v) is 36.2. The molecule has 2 fully saturated rings. The summed E-state index contributed by atoms with van der Waals surface area (Å²) in [6.45, 7) is 8.48. The average molecular weight is 1620 g/mol. The molecule has 38 heteroatoms. The van der Waals surface area contributed by atoms with Gasteiger partial charge in [0.15, 0.2) is 5.78 Å². The first kappa shape index (κ1) is 84.8. The largest absolute Gasteiger partial charge is 0.508 e. The fraction of sp³-hybridized carbons (Fsp3) is 0.288. The summed E-state index contributed by atoms with van der Waals surface area (Å²) in [5, 5.41) is 67.8. The van der Waals surface area contributed by atoms with Gasteiger partial charge < -0.3 is 34.4 Å². The van der Waals surface area contributed by atoms with E-state index >= 15 is 0 Å². The molecule has 1 unspecified atom stereocenters. The standard InChI is InChI=1S/C21H27Br2N4O6P.C21H25N4O6P.C9H11NO2.C8H6FNO3.C7H4FNO4/c1-15(33-34(31,24-11-9-22)25-12-10-23)16-7-8-19(27(29)30)20(14-16)32-18-6-4-5-17(13-18)21(28)26(2)3;1-15(31-32(29,23-9-10-23)24-11-12-24)16-7-8-19(25(27)28)20(14-16)30-18-6-4-5-17(13-18)21(26)22(2)3;1-10(2)9(12)7-4-3-5-8(11)6-7;1-5(11)6-2-3-8(10(12)13)7(9)4-6;8-5-3-4(7(10)11)1-2-6(5)9(12)13/h4-8,13-15H,9-12H2,1-3H3,(H2,24,25,31);4-8,13-15H,9-12H2,1-3H3;3-6,11H,1-2H3;2-4H,1H3;1-3H,(H,10,11)/t;15-;;;/m.0.../s1. The van der Waals surface area contributed by atoms with Gasteiger partial charge in [0.2, 0.25) is 23.1 Å². The SMILES string of the molecule is CC(=O)c1ccc([N+](=O)[O-])c(F)c1.CC(OP(=O)(NCCBr)NCCBr)c1ccc([N+](=O)[O-])c(Oc2cccc(C(=O)N(C)C)c2)c1.CN(C)C(=O)c1cccc(O)c1.C[C@H](OP(=O)(N1CC1)N1CC1)c1ccc([N+](=O)[O-])c(Oc2cccc(C(=O)N(C)C)c2)c1.O=C(O)c1ccc([N+](=O)[O-])c(F)c1. The number of carbonyl (C=O) groups excluding carboxylic acids is 4. The number of benzene rings is 7. The van der Waals surface area contributed by atoms with Crippen LogP contribution in [-0.2, 0) is 18.2 Å². The number of halogens is 4. The van der Waals surface area contributed by atoms with E-state index in [1.165, 1.54) is 82.3 Å². The Kier molecular flexibility index (Phi) is 31.9. The number of Topliss-reactive ketones (excluding diaryl/α,β-unsaturated/α-hetero) is 1. The van der Waals surface area contributed by atoms with Crippen molar-refractivity contribution in [1.29, 1.82) is 0 Å². The van der Waals surface area contributed by atoms with E-state index in [0.717, 1.165) is 50.4 Å². The molecule has 2 atom stereocenters. The van der Waals surface area contributed by atoms with Crippen LogP contribution in [0.25, 0.3) is 0 Å². The van der Waals surface area contributed by atoms with Crippen molar-refractivity contribution in [3.63, 3.8) is 0 Å². The number of nitro groups is 4. The summed E-state index contributed by atoms with van der Waals surface area (Å²) >= 11 is 6.57. The third kappa shape index (κ3) is 25.2. The van der Waals surface area contributed by atoms with Crippen LogP contribution in [0.15, 0.2) is 146 Å². The van der Waals surface area contributed by atoms with Crippen LogP contribution in [0.1, 0.15) is 95.9 Å². The second kappa shape index (κ2) is 39.1. The predicted octanol–water partition coefficient (Wildman–Crippen LogP) is 13.6. The highest BCUT2D eigenvalue weighted by molar-refractivity contribution is 9.09.